The van der Waals surface area contributed by atoms with Crippen LogP contribution in [0.5, 0.6) is 0 Å². The first kappa shape index (κ1) is 14.0. The van der Waals surface area contributed by atoms with Gasteiger partial charge in [0.1, 0.15) is 11.7 Å². The average Bonchev–Trinajstić information content (AvgIpc) is 3.08. The molecule has 4 heteroatoms. The van der Waals surface area contributed by atoms with Gasteiger partial charge in [-0.2, -0.15) is 0 Å². The fourth-order valence-corrected chi connectivity index (χ4v) is 1.94. The van der Waals surface area contributed by atoms with Crippen molar-refractivity contribution in [3.8, 4) is 0 Å². The number of esters is 1. The molecular formula is C15H20O4. The molecule has 1 heterocycles. The molecule has 19 heavy (non-hydrogen) atoms. The highest BCUT2D eigenvalue weighted by molar-refractivity contribution is 5.78. The van der Waals surface area contributed by atoms with Gasteiger partial charge in [0.15, 0.2) is 6.10 Å². The Labute approximate surface area is 113 Å². The van der Waals surface area contributed by atoms with Crippen molar-refractivity contribution in [1.82, 2.24) is 0 Å². The summed E-state index contributed by atoms with van der Waals surface area (Å²) in [7, 11) is 0. The molecule has 104 valence electrons. The Kier molecular flexibility index (Phi) is 3.92. The molecule has 1 aliphatic rings. The highest BCUT2D eigenvalue weighted by Gasteiger charge is 2.51. The number of hydrogen-bond acceptors (Lipinski definition) is 4. The molecule has 0 saturated carbocycles. The Balaban J connectivity index is 1.84. The molecule has 1 fully saturated rings. The minimum atomic E-state index is -0.681. The van der Waals surface area contributed by atoms with Gasteiger partial charge in [-0.05, 0) is 26.3 Å². The predicted octanol–water partition coefficient (Wildman–Crippen LogP) is 1.70. The lowest BCUT2D eigenvalue weighted by Gasteiger charge is -2.18. The van der Waals surface area contributed by atoms with Crippen molar-refractivity contribution in [2.24, 2.45) is 0 Å². The van der Waals surface area contributed by atoms with Crippen molar-refractivity contribution in [3.63, 3.8) is 0 Å². The summed E-state index contributed by atoms with van der Waals surface area (Å²) in [4.78, 5) is 11.7. The second-order valence-corrected chi connectivity index (χ2v) is 5.81. The maximum absolute atomic E-state index is 11.7. The quantitative estimate of drug-likeness (QED) is 0.664. The van der Waals surface area contributed by atoms with E-state index in [0.29, 0.717) is 6.42 Å². The van der Waals surface area contributed by atoms with Crippen LogP contribution in [0.1, 0.15) is 26.3 Å². The number of carbonyl (C=O) groups is 1. The molecule has 0 unspecified atom stereocenters. The van der Waals surface area contributed by atoms with E-state index in [2.05, 4.69) is 0 Å². The van der Waals surface area contributed by atoms with Crippen LogP contribution in [0.2, 0.25) is 0 Å². The number of benzene rings is 1. The molecule has 1 aromatic carbocycles. The number of aliphatic hydroxyl groups is 1. The molecule has 3 atom stereocenters. The van der Waals surface area contributed by atoms with Crippen LogP contribution >= 0.6 is 0 Å². The third-order valence-electron chi connectivity index (χ3n) is 2.83. The summed E-state index contributed by atoms with van der Waals surface area (Å²) in [5.74, 6) is -0.399. The van der Waals surface area contributed by atoms with Crippen molar-refractivity contribution in [3.05, 3.63) is 35.9 Å². The first-order chi connectivity index (χ1) is 8.87. The number of epoxide rings is 1. The van der Waals surface area contributed by atoms with E-state index in [-0.39, 0.29) is 0 Å². The van der Waals surface area contributed by atoms with Gasteiger partial charge < -0.3 is 14.6 Å². The van der Waals surface area contributed by atoms with Crippen LogP contribution < -0.4 is 0 Å². The van der Waals surface area contributed by atoms with Gasteiger partial charge in [-0.1, -0.05) is 30.3 Å². The van der Waals surface area contributed by atoms with Gasteiger partial charge >= 0.3 is 5.97 Å². The highest BCUT2D eigenvalue weighted by atomic mass is 16.7. The number of carbonyl (C=O) groups excluding carboxylic acids is 1. The summed E-state index contributed by atoms with van der Waals surface area (Å²) < 4.78 is 10.5. The molecule has 0 aromatic heterocycles. The lowest BCUT2D eigenvalue weighted by atomic mass is 10.0. The summed E-state index contributed by atoms with van der Waals surface area (Å²) in [6.45, 7) is 5.42. The largest absolute Gasteiger partial charge is 0.458 e. The van der Waals surface area contributed by atoms with Gasteiger partial charge in [-0.3, -0.25) is 0 Å². The van der Waals surface area contributed by atoms with E-state index in [1.54, 1.807) is 0 Å². The summed E-state index contributed by atoms with van der Waals surface area (Å²) >= 11 is 0. The maximum Gasteiger partial charge on any atom is 0.338 e. The molecule has 0 aliphatic carbocycles. The predicted molar refractivity (Wildman–Crippen MR) is 70.7 cm³/mol. The molecule has 2 rings (SSSR count). The van der Waals surface area contributed by atoms with Crippen molar-refractivity contribution < 1.29 is 19.4 Å². The monoisotopic (exact) mass is 264 g/mol. The number of ether oxygens (including phenoxy) is 2. The zero-order chi connectivity index (χ0) is 14.0. The van der Waals surface area contributed by atoms with Crippen LogP contribution in [0.15, 0.2) is 30.3 Å². The molecular weight excluding hydrogens is 244 g/mol. The number of rotatable bonds is 4. The molecule has 0 radical (unpaired) electrons. The molecule has 1 saturated heterocycles. The summed E-state index contributed by atoms with van der Waals surface area (Å²) in [6.07, 6.45) is -1.28. The van der Waals surface area contributed by atoms with Gasteiger partial charge in [0, 0.05) is 6.42 Å². The van der Waals surface area contributed by atoms with E-state index in [1.165, 1.54) is 0 Å². The maximum atomic E-state index is 11.7. The fraction of sp³-hybridized carbons (Fsp3) is 0.533. The summed E-state index contributed by atoms with van der Waals surface area (Å²) in [5.41, 5.74) is 0.492. The van der Waals surface area contributed by atoms with Gasteiger partial charge in [0.2, 0.25) is 0 Å². The minimum absolute atomic E-state index is 0.399. The Morgan fingerprint density at radius 2 is 2.00 bits per heavy atom. The van der Waals surface area contributed by atoms with Crippen LogP contribution in [-0.4, -0.2) is 35.0 Å². The first-order valence-corrected chi connectivity index (χ1v) is 6.47. The SMILES string of the molecule is CC(C)(C)OC(=O)[C@@H]1O[C@H]1[C@H](O)Cc1ccccc1. The number of hydrogen-bond donors (Lipinski definition) is 1. The molecule has 1 N–H and O–H groups in total. The van der Waals surface area contributed by atoms with Crippen LogP contribution in [0.25, 0.3) is 0 Å². The van der Waals surface area contributed by atoms with Crippen LogP contribution in [-0.2, 0) is 20.7 Å². The van der Waals surface area contributed by atoms with Crippen LogP contribution in [0.4, 0.5) is 0 Å². The van der Waals surface area contributed by atoms with E-state index in [0.717, 1.165) is 5.56 Å². The standard InChI is InChI=1S/C15H20O4/c1-15(2,3)19-14(17)13-12(18-13)11(16)9-10-7-5-4-6-8-10/h4-8,11-13,16H,9H2,1-3H3/t11-,12+,13-/m1/s1. The van der Waals surface area contributed by atoms with E-state index in [9.17, 15) is 9.90 Å². The second kappa shape index (κ2) is 5.31. The van der Waals surface area contributed by atoms with Crippen molar-refractivity contribution in [1.29, 1.82) is 0 Å². The smallest absolute Gasteiger partial charge is 0.338 e. The minimum Gasteiger partial charge on any atom is -0.458 e. The second-order valence-electron chi connectivity index (χ2n) is 5.81. The third-order valence-corrected chi connectivity index (χ3v) is 2.83. The Morgan fingerprint density at radius 3 is 2.58 bits per heavy atom. The molecule has 4 nitrogen and oxygen atoms in total. The van der Waals surface area contributed by atoms with Gasteiger partial charge in [0.05, 0.1) is 6.10 Å². The van der Waals surface area contributed by atoms with E-state index in [1.807, 2.05) is 51.1 Å². The molecule has 0 amide bonds. The van der Waals surface area contributed by atoms with Crippen molar-refractivity contribution >= 4 is 5.97 Å². The Morgan fingerprint density at radius 1 is 1.37 bits per heavy atom. The summed E-state index contributed by atoms with van der Waals surface area (Å²) in [5, 5.41) is 10.0. The zero-order valence-corrected chi connectivity index (χ0v) is 11.5. The highest BCUT2D eigenvalue weighted by Crippen LogP contribution is 2.29. The zero-order valence-electron chi connectivity index (χ0n) is 11.5. The molecule has 0 spiro atoms. The average molecular weight is 264 g/mol. The first-order valence-electron chi connectivity index (χ1n) is 6.47. The van der Waals surface area contributed by atoms with Gasteiger partial charge in [-0.25, -0.2) is 4.79 Å². The van der Waals surface area contributed by atoms with E-state index >= 15 is 0 Å². The van der Waals surface area contributed by atoms with E-state index < -0.39 is 29.9 Å². The van der Waals surface area contributed by atoms with E-state index in [4.69, 9.17) is 9.47 Å². The Hall–Kier alpha value is -1.39. The third kappa shape index (κ3) is 4.04. The lowest BCUT2D eigenvalue weighted by Crippen LogP contribution is -2.30. The fourth-order valence-electron chi connectivity index (χ4n) is 1.94. The molecule has 1 aromatic rings. The van der Waals surface area contributed by atoms with Crippen LogP contribution in [0.3, 0.4) is 0 Å². The molecule has 0 bridgehead atoms. The Bertz CT molecular complexity index is 435. The normalized spacial score (nSPS) is 23.8. The van der Waals surface area contributed by atoms with Gasteiger partial charge in [-0.15, -0.1) is 0 Å². The number of aliphatic hydroxyl groups excluding tert-OH is 1. The molecule has 1 aliphatic heterocycles. The summed E-state index contributed by atoms with van der Waals surface area (Å²) in [6, 6.07) is 9.64. The van der Waals surface area contributed by atoms with Crippen molar-refractivity contribution in [2.75, 3.05) is 0 Å². The van der Waals surface area contributed by atoms with Crippen molar-refractivity contribution in [2.45, 2.75) is 51.1 Å². The topological polar surface area (TPSA) is 59.1 Å². The lowest BCUT2D eigenvalue weighted by molar-refractivity contribution is -0.156. The van der Waals surface area contributed by atoms with Gasteiger partial charge in [0.25, 0.3) is 0 Å². The van der Waals surface area contributed by atoms with Crippen LogP contribution in [0, 0.1) is 0 Å².